The summed E-state index contributed by atoms with van der Waals surface area (Å²) in [4.78, 5) is 27.3. The fourth-order valence-corrected chi connectivity index (χ4v) is 4.08. The summed E-state index contributed by atoms with van der Waals surface area (Å²) in [6, 6.07) is 13.0. The minimum absolute atomic E-state index is 0.0286. The van der Waals surface area contributed by atoms with E-state index in [1.54, 1.807) is 0 Å². The molecular weight excluding hydrogens is 503 g/mol. The first-order valence-electron chi connectivity index (χ1n) is 10.3. The second-order valence-electron chi connectivity index (χ2n) is 7.65. The van der Waals surface area contributed by atoms with E-state index < -0.39 is 35.6 Å². The van der Waals surface area contributed by atoms with E-state index in [9.17, 15) is 33.0 Å². The summed E-state index contributed by atoms with van der Waals surface area (Å²) in [6.45, 7) is 0. The van der Waals surface area contributed by atoms with Gasteiger partial charge in [-0.15, -0.1) is 13.2 Å². The number of aromatic hydroxyl groups is 1. The highest BCUT2D eigenvalue weighted by Gasteiger charge is 2.47. The molecule has 0 aliphatic carbocycles. The first-order valence-corrected chi connectivity index (χ1v) is 10.7. The monoisotopic (exact) mass is 519 g/mol. The summed E-state index contributed by atoms with van der Waals surface area (Å²) in [5.74, 6) is -3.34. The molecule has 1 atom stereocenters. The number of aliphatic hydroxyl groups excluding tert-OH is 1. The number of rotatable bonds is 5. The molecule has 1 heterocycles. The van der Waals surface area contributed by atoms with Gasteiger partial charge in [-0.25, -0.2) is 0 Å². The van der Waals surface area contributed by atoms with Crippen molar-refractivity contribution in [1.29, 1.82) is 0 Å². The van der Waals surface area contributed by atoms with Crippen molar-refractivity contribution in [2.45, 2.75) is 12.4 Å². The highest BCUT2D eigenvalue weighted by atomic mass is 35.5. The first kappa shape index (κ1) is 24.9. The topological polar surface area (TPSA) is 96.3 Å². The van der Waals surface area contributed by atoms with Gasteiger partial charge in [0.25, 0.3) is 11.7 Å². The molecule has 36 heavy (non-hydrogen) atoms. The molecule has 4 rings (SSSR count). The number of methoxy groups -OCH3 is 1. The van der Waals surface area contributed by atoms with E-state index in [0.717, 1.165) is 17.0 Å². The van der Waals surface area contributed by atoms with Crippen LogP contribution < -0.4 is 14.4 Å². The number of hydrogen-bond acceptors (Lipinski definition) is 6. The maximum Gasteiger partial charge on any atom is 0.573 e. The van der Waals surface area contributed by atoms with Crippen LogP contribution in [0.25, 0.3) is 5.76 Å². The molecule has 1 unspecified atom stereocenters. The number of anilines is 1. The second-order valence-corrected chi connectivity index (χ2v) is 8.09. The van der Waals surface area contributed by atoms with Crippen LogP contribution in [0.5, 0.6) is 17.2 Å². The molecule has 0 saturated carbocycles. The number of aliphatic hydroxyl groups is 1. The molecule has 11 heteroatoms. The van der Waals surface area contributed by atoms with E-state index in [-0.39, 0.29) is 38.9 Å². The standard InChI is InChI=1S/C25H17ClF3NO6/c1-35-19-10-7-14(26)11-18(19)22(32)20-21(13-5-8-16(31)9-6-13)30(24(34)23(20)33)15-3-2-4-17(12-15)36-25(27,28)29/h2-12,21,31-32H,1H3/b22-20+. The molecule has 0 spiro atoms. The van der Waals surface area contributed by atoms with Gasteiger partial charge in [0.15, 0.2) is 0 Å². The average molecular weight is 520 g/mol. The van der Waals surface area contributed by atoms with Crippen molar-refractivity contribution >= 4 is 34.7 Å². The van der Waals surface area contributed by atoms with Gasteiger partial charge in [0.05, 0.1) is 24.3 Å². The number of phenolic OH excluding ortho intramolecular Hbond substituents is 1. The maximum atomic E-state index is 13.2. The van der Waals surface area contributed by atoms with E-state index in [0.29, 0.717) is 0 Å². The number of nitrogens with zero attached hydrogens (tertiary/aromatic N) is 1. The van der Waals surface area contributed by atoms with Crippen molar-refractivity contribution in [3.05, 3.63) is 88.5 Å². The third kappa shape index (κ3) is 4.80. The third-order valence-electron chi connectivity index (χ3n) is 5.40. The Balaban J connectivity index is 1.94. The van der Waals surface area contributed by atoms with Crippen molar-refractivity contribution in [1.82, 2.24) is 0 Å². The number of carbonyl (C=O) groups excluding carboxylic acids is 2. The lowest BCUT2D eigenvalue weighted by Gasteiger charge is -2.26. The molecule has 0 aromatic heterocycles. The highest BCUT2D eigenvalue weighted by Crippen LogP contribution is 2.44. The van der Waals surface area contributed by atoms with E-state index in [1.807, 2.05) is 0 Å². The Hall–Kier alpha value is -4.18. The zero-order valence-electron chi connectivity index (χ0n) is 18.4. The van der Waals surface area contributed by atoms with Crippen molar-refractivity contribution in [2.24, 2.45) is 0 Å². The molecule has 1 aliphatic heterocycles. The summed E-state index contributed by atoms with van der Waals surface area (Å²) >= 11 is 6.07. The Bertz CT molecular complexity index is 1370. The molecule has 2 N–H and O–H groups in total. The van der Waals surface area contributed by atoms with Crippen LogP contribution in [0.1, 0.15) is 17.2 Å². The average Bonchev–Trinajstić information content (AvgIpc) is 3.08. The van der Waals surface area contributed by atoms with E-state index in [4.69, 9.17) is 16.3 Å². The lowest BCUT2D eigenvalue weighted by molar-refractivity contribution is -0.274. The number of halogens is 4. The molecule has 0 radical (unpaired) electrons. The summed E-state index contributed by atoms with van der Waals surface area (Å²) in [5.41, 5.74) is -0.125. The van der Waals surface area contributed by atoms with Gasteiger partial charge >= 0.3 is 6.36 Å². The molecule has 1 amide bonds. The van der Waals surface area contributed by atoms with E-state index in [2.05, 4.69) is 4.74 Å². The van der Waals surface area contributed by atoms with Crippen molar-refractivity contribution in [3.8, 4) is 17.2 Å². The van der Waals surface area contributed by atoms with Gasteiger partial charge in [-0.3, -0.25) is 14.5 Å². The number of carbonyl (C=O) groups is 2. The van der Waals surface area contributed by atoms with Crippen molar-refractivity contribution in [2.75, 3.05) is 12.0 Å². The lowest BCUT2D eigenvalue weighted by Crippen LogP contribution is -2.29. The van der Waals surface area contributed by atoms with Gasteiger partial charge in [-0.1, -0.05) is 29.8 Å². The van der Waals surface area contributed by atoms with Crippen molar-refractivity contribution in [3.63, 3.8) is 0 Å². The molecule has 1 saturated heterocycles. The fraction of sp³-hybridized carbons (Fsp3) is 0.120. The zero-order valence-corrected chi connectivity index (χ0v) is 19.2. The van der Waals surface area contributed by atoms with Crippen LogP contribution in [0, 0.1) is 0 Å². The number of ether oxygens (including phenoxy) is 2. The lowest BCUT2D eigenvalue weighted by atomic mass is 9.94. The molecule has 1 aliphatic rings. The predicted molar refractivity (Wildman–Crippen MR) is 124 cm³/mol. The van der Waals surface area contributed by atoms with Crippen LogP contribution in [-0.4, -0.2) is 35.4 Å². The number of phenols is 1. The minimum Gasteiger partial charge on any atom is -0.508 e. The number of amides is 1. The van der Waals surface area contributed by atoms with Gasteiger partial charge in [0.1, 0.15) is 23.0 Å². The first-order chi connectivity index (χ1) is 17.0. The van der Waals surface area contributed by atoms with Crippen molar-refractivity contribution < 1.29 is 42.4 Å². The quantitative estimate of drug-likeness (QED) is 0.259. The Morgan fingerprint density at radius 1 is 1.03 bits per heavy atom. The Morgan fingerprint density at radius 3 is 2.36 bits per heavy atom. The summed E-state index contributed by atoms with van der Waals surface area (Å²) in [6.07, 6.45) is -4.98. The zero-order chi connectivity index (χ0) is 26.2. The number of hydrogen-bond donors (Lipinski definition) is 2. The van der Waals surface area contributed by atoms with Crippen LogP contribution in [0.3, 0.4) is 0 Å². The van der Waals surface area contributed by atoms with Gasteiger partial charge in [-0.05, 0) is 48.0 Å². The van der Waals surface area contributed by atoms with Crippen LogP contribution >= 0.6 is 11.6 Å². The van der Waals surface area contributed by atoms with Crippen LogP contribution in [0.4, 0.5) is 18.9 Å². The summed E-state index contributed by atoms with van der Waals surface area (Å²) < 4.78 is 47.6. The molecule has 3 aromatic rings. The largest absolute Gasteiger partial charge is 0.573 e. The molecular formula is C25H17ClF3NO6. The predicted octanol–water partition coefficient (Wildman–Crippen LogP) is 5.58. The van der Waals surface area contributed by atoms with Gasteiger partial charge in [0.2, 0.25) is 0 Å². The van der Waals surface area contributed by atoms with E-state index >= 15 is 0 Å². The Morgan fingerprint density at radius 2 is 1.72 bits per heavy atom. The van der Waals surface area contributed by atoms with Gasteiger partial charge < -0.3 is 19.7 Å². The molecule has 3 aromatic carbocycles. The fourth-order valence-electron chi connectivity index (χ4n) is 3.91. The van der Waals surface area contributed by atoms with E-state index in [1.165, 1.54) is 61.7 Å². The number of alkyl halides is 3. The number of ketones is 1. The Labute approximate surface area is 207 Å². The van der Waals surface area contributed by atoms with Gasteiger partial charge in [0, 0.05) is 16.8 Å². The molecule has 7 nitrogen and oxygen atoms in total. The number of Topliss-reactive ketones (excluding diaryl/α,β-unsaturated/α-hetero) is 1. The SMILES string of the molecule is COc1ccc(Cl)cc1/C(O)=C1\C(=O)C(=O)N(c2cccc(OC(F)(F)F)c2)C1c1ccc(O)cc1. The molecule has 186 valence electrons. The second kappa shape index (κ2) is 9.46. The van der Waals surface area contributed by atoms with Gasteiger partial charge in [-0.2, -0.15) is 0 Å². The molecule has 1 fully saturated rings. The van der Waals surface area contributed by atoms with Crippen LogP contribution in [0.2, 0.25) is 5.02 Å². The smallest absolute Gasteiger partial charge is 0.508 e. The third-order valence-corrected chi connectivity index (χ3v) is 5.63. The Kier molecular flexibility index (Phi) is 6.55. The number of benzene rings is 3. The van der Waals surface area contributed by atoms with Crippen LogP contribution in [-0.2, 0) is 9.59 Å². The normalized spacial score (nSPS) is 17.4. The summed E-state index contributed by atoms with van der Waals surface area (Å²) in [5, 5.41) is 21.2. The molecule has 0 bridgehead atoms. The minimum atomic E-state index is -4.98. The summed E-state index contributed by atoms with van der Waals surface area (Å²) in [7, 11) is 1.34. The highest BCUT2D eigenvalue weighted by molar-refractivity contribution is 6.51. The van der Waals surface area contributed by atoms with Crippen LogP contribution in [0.15, 0.2) is 72.3 Å². The maximum absolute atomic E-state index is 13.2.